The van der Waals surface area contributed by atoms with Gasteiger partial charge in [0.25, 0.3) is 0 Å². The highest BCUT2D eigenvalue weighted by Crippen LogP contribution is 2.17. The number of halogens is 1. The number of rotatable bonds is 4. The number of hydrogen-bond acceptors (Lipinski definition) is 2. The summed E-state index contributed by atoms with van der Waals surface area (Å²) in [5, 5.41) is 0. The number of nitrogens with zero attached hydrogens (tertiary/aromatic N) is 1. The van der Waals surface area contributed by atoms with Crippen LogP contribution < -0.4 is 0 Å². The highest BCUT2D eigenvalue weighted by atomic mass is 31.0. The van der Waals surface area contributed by atoms with Gasteiger partial charge in [0.05, 0.1) is 6.61 Å². The molecule has 2 unspecified atom stereocenters. The zero-order chi connectivity index (χ0) is 8.10. The smallest absolute Gasteiger partial charge is 0.102 e. The molecule has 0 aromatic rings. The summed E-state index contributed by atoms with van der Waals surface area (Å²) in [6.07, 6.45) is 2.33. The molecule has 0 saturated carbocycles. The molecule has 0 amide bonds. The molecule has 0 radical (unpaired) electrons. The molecule has 0 N–H and O–H groups in total. The van der Waals surface area contributed by atoms with Crippen LogP contribution in [0.15, 0.2) is 0 Å². The van der Waals surface area contributed by atoms with E-state index in [1.807, 2.05) is 0 Å². The molecular formula is C7H15FNOP. The first-order valence-electron chi connectivity index (χ1n) is 4.00. The van der Waals surface area contributed by atoms with E-state index in [1.165, 1.54) is 6.42 Å². The molecule has 0 aliphatic carbocycles. The zero-order valence-corrected chi connectivity index (χ0v) is 7.79. The van der Waals surface area contributed by atoms with Gasteiger partial charge in [-0.25, -0.2) is 4.39 Å². The van der Waals surface area contributed by atoms with Gasteiger partial charge in [0.2, 0.25) is 0 Å². The topological polar surface area (TPSA) is 12.5 Å². The van der Waals surface area contributed by atoms with E-state index < -0.39 is 0 Å². The van der Waals surface area contributed by atoms with Crippen molar-refractivity contribution in [2.75, 3.05) is 26.4 Å². The molecule has 11 heavy (non-hydrogen) atoms. The highest BCUT2D eigenvalue weighted by Gasteiger charge is 2.23. The quantitative estimate of drug-likeness (QED) is 0.602. The summed E-state index contributed by atoms with van der Waals surface area (Å²) >= 11 is 0. The molecule has 1 saturated heterocycles. The Balaban J connectivity index is 2.25. The molecular weight excluding hydrogens is 164 g/mol. The van der Waals surface area contributed by atoms with Crippen molar-refractivity contribution in [1.82, 2.24) is 4.90 Å². The average Bonchev–Trinajstić information content (AvgIpc) is 2.39. The van der Waals surface area contributed by atoms with Crippen LogP contribution in [0.3, 0.4) is 0 Å². The Morgan fingerprint density at radius 3 is 3.09 bits per heavy atom. The Morgan fingerprint density at radius 1 is 1.64 bits per heavy atom. The average molecular weight is 179 g/mol. The Labute approximate surface area is 69.4 Å². The van der Waals surface area contributed by atoms with Gasteiger partial charge in [0.1, 0.15) is 6.67 Å². The molecule has 0 aromatic carbocycles. The van der Waals surface area contributed by atoms with Gasteiger partial charge >= 0.3 is 0 Å². The lowest BCUT2D eigenvalue weighted by Crippen LogP contribution is -2.33. The van der Waals surface area contributed by atoms with Crippen LogP contribution in [0.25, 0.3) is 0 Å². The molecule has 2 nitrogen and oxygen atoms in total. The van der Waals surface area contributed by atoms with Crippen LogP contribution in [-0.2, 0) is 4.52 Å². The maximum atomic E-state index is 12.0. The van der Waals surface area contributed by atoms with Crippen molar-refractivity contribution in [3.63, 3.8) is 0 Å². The summed E-state index contributed by atoms with van der Waals surface area (Å²) in [5.74, 6) is 0. The first-order valence-corrected chi connectivity index (χ1v) is 4.47. The van der Waals surface area contributed by atoms with E-state index in [1.54, 1.807) is 0 Å². The molecule has 1 fully saturated rings. The van der Waals surface area contributed by atoms with Crippen LogP contribution in [0.4, 0.5) is 4.39 Å². The van der Waals surface area contributed by atoms with Gasteiger partial charge in [0.15, 0.2) is 0 Å². The summed E-state index contributed by atoms with van der Waals surface area (Å²) < 4.78 is 16.9. The van der Waals surface area contributed by atoms with E-state index in [0.717, 1.165) is 13.0 Å². The summed E-state index contributed by atoms with van der Waals surface area (Å²) in [6, 6.07) is 0.447. The SMILES string of the molecule is FCCN1CCCC1COP. The second kappa shape index (κ2) is 5.02. The molecule has 0 aromatic heterocycles. The second-order valence-corrected chi connectivity index (χ2v) is 3.19. The van der Waals surface area contributed by atoms with E-state index in [9.17, 15) is 4.39 Å². The van der Waals surface area contributed by atoms with Crippen molar-refractivity contribution in [3.8, 4) is 0 Å². The van der Waals surface area contributed by atoms with Crippen molar-refractivity contribution < 1.29 is 8.91 Å². The van der Waals surface area contributed by atoms with Gasteiger partial charge in [0, 0.05) is 22.1 Å². The minimum Gasteiger partial charge on any atom is -0.364 e. The molecule has 66 valence electrons. The lowest BCUT2D eigenvalue weighted by atomic mass is 10.2. The predicted molar refractivity (Wildman–Crippen MR) is 46.2 cm³/mol. The van der Waals surface area contributed by atoms with Crippen LogP contribution in [0.2, 0.25) is 0 Å². The fraction of sp³-hybridized carbons (Fsp3) is 1.00. The minimum absolute atomic E-state index is 0.243. The van der Waals surface area contributed by atoms with E-state index in [2.05, 4.69) is 14.4 Å². The van der Waals surface area contributed by atoms with E-state index in [0.29, 0.717) is 19.2 Å². The number of alkyl halides is 1. The van der Waals surface area contributed by atoms with E-state index in [-0.39, 0.29) is 6.67 Å². The third-order valence-electron chi connectivity index (χ3n) is 2.16. The molecule has 2 atom stereocenters. The van der Waals surface area contributed by atoms with Gasteiger partial charge in [-0.1, -0.05) is 0 Å². The van der Waals surface area contributed by atoms with Crippen molar-refractivity contribution in [2.24, 2.45) is 0 Å². The monoisotopic (exact) mass is 179 g/mol. The summed E-state index contributed by atoms with van der Waals surface area (Å²) in [7, 11) is 2.24. The Bertz CT molecular complexity index is 103. The van der Waals surface area contributed by atoms with Gasteiger partial charge in [-0.15, -0.1) is 0 Å². The number of likely N-dealkylation sites (tertiary alicyclic amines) is 1. The van der Waals surface area contributed by atoms with Gasteiger partial charge in [-0.3, -0.25) is 4.90 Å². The van der Waals surface area contributed by atoms with Crippen LogP contribution in [0.1, 0.15) is 12.8 Å². The summed E-state index contributed by atoms with van der Waals surface area (Å²) in [6.45, 7) is 2.07. The largest absolute Gasteiger partial charge is 0.364 e. The summed E-state index contributed by atoms with van der Waals surface area (Å²) in [5.41, 5.74) is 0. The number of hydrogen-bond donors (Lipinski definition) is 0. The van der Waals surface area contributed by atoms with Crippen molar-refractivity contribution in [2.45, 2.75) is 18.9 Å². The van der Waals surface area contributed by atoms with Crippen LogP contribution in [-0.4, -0.2) is 37.3 Å². The highest BCUT2D eigenvalue weighted by molar-refractivity contribution is 7.09. The third-order valence-corrected chi connectivity index (χ3v) is 2.35. The van der Waals surface area contributed by atoms with Crippen molar-refractivity contribution >= 4 is 9.47 Å². The van der Waals surface area contributed by atoms with Gasteiger partial charge in [-0.05, 0) is 19.4 Å². The van der Waals surface area contributed by atoms with Crippen molar-refractivity contribution in [3.05, 3.63) is 0 Å². The Hall–Kier alpha value is 0.280. The van der Waals surface area contributed by atoms with Gasteiger partial charge < -0.3 is 4.52 Å². The first-order chi connectivity index (χ1) is 5.38. The molecule has 1 aliphatic heterocycles. The Morgan fingerprint density at radius 2 is 2.45 bits per heavy atom. The normalized spacial score (nSPS) is 26.2. The van der Waals surface area contributed by atoms with Crippen LogP contribution >= 0.6 is 9.47 Å². The fourth-order valence-corrected chi connectivity index (χ4v) is 1.82. The molecule has 1 rings (SSSR count). The Kier molecular flexibility index (Phi) is 4.28. The molecule has 1 aliphatic rings. The van der Waals surface area contributed by atoms with E-state index >= 15 is 0 Å². The van der Waals surface area contributed by atoms with E-state index in [4.69, 9.17) is 4.52 Å². The zero-order valence-electron chi connectivity index (χ0n) is 6.63. The lowest BCUT2D eigenvalue weighted by Gasteiger charge is -2.21. The fourth-order valence-electron chi connectivity index (χ4n) is 1.60. The summed E-state index contributed by atoms with van der Waals surface area (Å²) in [4.78, 5) is 2.16. The van der Waals surface area contributed by atoms with Gasteiger partial charge in [-0.2, -0.15) is 0 Å². The van der Waals surface area contributed by atoms with Crippen LogP contribution in [0.5, 0.6) is 0 Å². The standard InChI is InChI=1S/C7H15FNOP/c8-3-5-9-4-1-2-7(9)6-10-11/h7H,1-6,11H2. The minimum atomic E-state index is -0.243. The molecule has 0 bridgehead atoms. The third kappa shape index (κ3) is 2.66. The van der Waals surface area contributed by atoms with Crippen molar-refractivity contribution in [1.29, 1.82) is 0 Å². The first kappa shape index (κ1) is 9.37. The molecule has 1 heterocycles. The maximum Gasteiger partial charge on any atom is 0.102 e. The molecule has 0 spiro atoms. The predicted octanol–water partition coefficient (Wildman–Crippen LogP) is 1.23. The second-order valence-electron chi connectivity index (χ2n) is 2.85. The molecule has 4 heteroatoms. The lowest BCUT2D eigenvalue weighted by molar-refractivity contribution is 0.177. The maximum absolute atomic E-state index is 12.0. The van der Waals surface area contributed by atoms with Crippen LogP contribution in [0, 0.1) is 0 Å².